The largest absolute Gasteiger partial charge is 0.508 e. The van der Waals surface area contributed by atoms with Crippen molar-refractivity contribution in [1.82, 2.24) is 0 Å². The molecule has 0 spiro atoms. The average Bonchev–Trinajstić information content (AvgIpc) is 3.16. The third-order valence-electron chi connectivity index (χ3n) is 6.30. The van der Waals surface area contributed by atoms with Gasteiger partial charge in [-0.1, -0.05) is 60.7 Å². The van der Waals surface area contributed by atoms with E-state index in [0.29, 0.717) is 5.75 Å². The van der Waals surface area contributed by atoms with Gasteiger partial charge < -0.3 is 5.11 Å². The molecule has 0 fully saturated rings. The highest BCUT2D eigenvalue weighted by Gasteiger charge is 2.14. The minimum atomic E-state index is 0.307. The molecule has 0 aliphatic heterocycles. The van der Waals surface area contributed by atoms with Crippen LogP contribution in [0.5, 0.6) is 5.75 Å². The van der Waals surface area contributed by atoms with E-state index in [1.54, 1.807) is 6.07 Å². The summed E-state index contributed by atoms with van der Waals surface area (Å²) in [7, 11) is 0. The van der Waals surface area contributed by atoms with Crippen LogP contribution in [0.1, 0.15) is 0 Å². The number of benzene rings is 6. The maximum atomic E-state index is 10.1. The summed E-state index contributed by atoms with van der Waals surface area (Å²) in [5.41, 5.74) is 0. The zero-order chi connectivity index (χ0) is 19.8. The topological polar surface area (TPSA) is 20.2 Å². The number of fused-ring (bicyclic) bond motifs is 11. The third-order valence-corrected chi connectivity index (χ3v) is 7.42. The summed E-state index contributed by atoms with van der Waals surface area (Å²) < 4.78 is 2.63. The van der Waals surface area contributed by atoms with Crippen LogP contribution in [-0.4, -0.2) is 5.11 Å². The van der Waals surface area contributed by atoms with Crippen molar-refractivity contribution in [1.29, 1.82) is 0 Å². The number of phenolic OH excluding ortho intramolecular Hbond substituents is 1. The first kappa shape index (κ1) is 16.2. The Hall–Kier alpha value is -3.62. The van der Waals surface area contributed by atoms with Crippen LogP contribution in [-0.2, 0) is 0 Å². The lowest BCUT2D eigenvalue weighted by atomic mass is 9.93. The van der Waals surface area contributed by atoms with Crippen LogP contribution >= 0.6 is 11.3 Å². The molecule has 140 valence electrons. The number of hydrogen-bond acceptors (Lipinski definition) is 2. The zero-order valence-corrected chi connectivity index (χ0v) is 16.8. The Morgan fingerprint density at radius 1 is 0.467 bits per heavy atom. The molecule has 0 amide bonds. The van der Waals surface area contributed by atoms with Gasteiger partial charge in [-0.15, -0.1) is 11.3 Å². The lowest BCUT2D eigenvalue weighted by Crippen LogP contribution is -1.83. The van der Waals surface area contributed by atoms with E-state index in [9.17, 15) is 5.11 Å². The molecular weight excluding hydrogens is 384 g/mol. The fourth-order valence-electron chi connectivity index (χ4n) is 4.98. The third kappa shape index (κ3) is 2.06. The Kier molecular flexibility index (Phi) is 3.09. The fraction of sp³-hybridized carbons (Fsp3) is 0. The number of thiophene rings is 1. The molecule has 0 bridgehead atoms. The van der Waals surface area contributed by atoms with Crippen LogP contribution in [0.4, 0.5) is 0 Å². The second-order valence-electron chi connectivity index (χ2n) is 7.93. The molecule has 6 aromatic carbocycles. The molecule has 1 N–H and O–H groups in total. The predicted molar refractivity (Wildman–Crippen MR) is 131 cm³/mol. The standard InChI is InChI=1S/C28H16OS/c29-17-10-11-21-22(13-17)19-7-3-4-8-20(19)23-14-25-27(15-24(21)23)30-26-12-9-16-5-1-2-6-18(16)28(25)26/h1-15,29H. The first-order valence-corrected chi connectivity index (χ1v) is 10.9. The lowest BCUT2D eigenvalue weighted by Gasteiger charge is -2.11. The summed E-state index contributed by atoms with van der Waals surface area (Å²) in [4.78, 5) is 0. The van der Waals surface area contributed by atoms with E-state index in [2.05, 4.69) is 72.8 Å². The van der Waals surface area contributed by atoms with Crippen molar-refractivity contribution in [3.63, 3.8) is 0 Å². The maximum absolute atomic E-state index is 10.1. The summed E-state index contributed by atoms with van der Waals surface area (Å²) in [6.45, 7) is 0. The summed E-state index contributed by atoms with van der Waals surface area (Å²) >= 11 is 1.86. The molecule has 0 unspecified atom stereocenters. The van der Waals surface area contributed by atoms with Gasteiger partial charge in [0.05, 0.1) is 0 Å². The van der Waals surface area contributed by atoms with Crippen molar-refractivity contribution < 1.29 is 5.11 Å². The summed E-state index contributed by atoms with van der Waals surface area (Å²) in [5, 5.41) is 22.6. The van der Waals surface area contributed by atoms with Gasteiger partial charge >= 0.3 is 0 Å². The Bertz CT molecular complexity index is 1810. The molecule has 1 aromatic heterocycles. The minimum Gasteiger partial charge on any atom is -0.508 e. The van der Waals surface area contributed by atoms with Crippen LogP contribution in [0.3, 0.4) is 0 Å². The van der Waals surface area contributed by atoms with Crippen LogP contribution < -0.4 is 0 Å². The van der Waals surface area contributed by atoms with Crippen LogP contribution in [0.15, 0.2) is 91.0 Å². The van der Waals surface area contributed by atoms with E-state index in [1.165, 1.54) is 57.9 Å². The summed E-state index contributed by atoms with van der Waals surface area (Å²) in [5.74, 6) is 0.307. The van der Waals surface area contributed by atoms with Gasteiger partial charge in [-0.05, 0) is 73.4 Å². The molecule has 0 saturated heterocycles. The van der Waals surface area contributed by atoms with Crippen molar-refractivity contribution in [2.24, 2.45) is 0 Å². The smallest absolute Gasteiger partial charge is 0.116 e. The van der Waals surface area contributed by atoms with Crippen LogP contribution in [0.25, 0.3) is 63.3 Å². The van der Waals surface area contributed by atoms with Crippen molar-refractivity contribution in [3.8, 4) is 5.75 Å². The van der Waals surface area contributed by atoms with E-state index >= 15 is 0 Å². The lowest BCUT2D eigenvalue weighted by molar-refractivity contribution is 0.476. The highest BCUT2D eigenvalue weighted by atomic mass is 32.1. The Morgan fingerprint density at radius 2 is 1.13 bits per heavy atom. The molecule has 1 heterocycles. The molecule has 30 heavy (non-hydrogen) atoms. The molecule has 0 aliphatic rings. The number of hydrogen-bond donors (Lipinski definition) is 1. The van der Waals surface area contributed by atoms with Crippen molar-refractivity contribution in [2.45, 2.75) is 0 Å². The van der Waals surface area contributed by atoms with Gasteiger partial charge in [0.25, 0.3) is 0 Å². The summed E-state index contributed by atoms with van der Waals surface area (Å²) in [6, 6.07) is 32.1. The van der Waals surface area contributed by atoms with Crippen molar-refractivity contribution in [2.75, 3.05) is 0 Å². The van der Waals surface area contributed by atoms with E-state index < -0.39 is 0 Å². The Morgan fingerprint density at radius 3 is 1.97 bits per heavy atom. The predicted octanol–water partition coefficient (Wildman–Crippen LogP) is 8.37. The zero-order valence-electron chi connectivity index (χ0n) is 16.0. The van der Waals surface area contributed by atoms with E-state index in [0.717, 1.165) is 5.39 Å². The minimum absolute atomic E-state index is 0.307. The van der Waals surface area contributed by atoms with Gasteiger partial charge in [0.2, 0.25) is 0 Å². The van der Waals surface area contributed by atoms with Crippen LogP contribution in [0, 0.1) is 0 Å². The van der Waals surface area contributed by atoms with Gasteiger partial charge in [0.1, 0.15) is 5.75 Å². The molecule has 0 radical (unpaired) electrons. The van der Waals surface area contributed by atoms with Gasteiger partial charge in [0.15, 0.2) is 0 Å². The van der Waals surface area contributed by atoms with Crippen LogP contribution in [0.2, 0.25) is 0 Å². The van der Waals surface area contributed by atoms with Gasteiger partial charge in [-0.2, -0.15) is 0 Å². The molecule has 0 aliphatic carbocycles. The first-order chi connectivity index (χ1) is 14.8. The van der Waals surface area contributed by atoms with Gasteiger partial charge in [-0.25, -0.2) is 0 Å². The average molecular weight is 401 g/mol. The molecule has 1 nitrogen and oxygen atoms in total. The fourth-order valence-corrected chi connectivity index (χ4v) is 6.12. The summed E-state index contributed by atoms with van der Waals surface area (Å²) in [6.07, 6.45) is 0. The SMILES string of the molecule is Oc1ccc2c(c1)c1ccccc1c1cc3c(cc21)sc1ccc2ccccc2c13. The van der Waals surface area contributed by atoms with Crippen molar-refractivity contribution >= 4 is 74.6 Å². The molecule has 0 atom stereocenters. The number of phenols is 1. The molecular formula is C28H16OS. The van der Waals surface area contributed by atoms with Crippen molar-refractivity contribution in [3.05, 3.63) is 91.0 Å². The Labute approximate surface area is 176 Å². The second-order valence-corrected chi connectivity index (χ2v) is 9.02. The Balaban J connectivity index is 1.78. The molecule has 7 aromatic rings. The van der Waals surface area contributed by atoms with Gasteiger partial charge in [-0.3, -0.25) is 0 Å². The number of aromatic hydroxyl groups is 1. The second kappa shape index (κ2) is 5.71. The monoisotopic (exact) mass is 400 g/mol. The molecule has 0 saturated carbocycles. The highest BCUT2D eigenvalue weighted by Crippen LogP contribution is 2.44. The number of rotatable bonds is 0. The normalized spacial score (nSPS) is 12.1. The maximum Gasteiger partial charge on any atom is 0.116 e. The molecule has 7 rings (SSSR count). The van der Waals surface area contributed by atoms with Gasteiger partial charge in [0, 0.05) is 20.2 Å². The first-order valence-electron chi connectivity index (χ1n) is 10.1. The quantitative estimate of drug-likeness (QED) is 0.253. The van der Waals surface area contributed by atoms with E-state index in [1.807, 2.05) is 23.5 Å². The van der Waals surface area contributed by atoms with E-state index in [4.69, 9.17) is 0 Å². The molecule has 2 heteroatoms. The van der Waals surface area contributed by atoms with E-state index in [-0.39, 0.29) is 0 Å². The highest BCUT2D eigenvalue weighted by molar-refractivity contribution is 7.26.